The topological polar surface area (TPSA) is 103 Å². The summed E-state index contributed by atoms with van der Waals surface area (Å²) >= 11 is 0. The van der Waals surface area contributed by atoms with E-state index in [2.05, 4.69) is 4.98 Å². The van der Waals surface area contributed by atoms with Crippen molar-refractivity contribution in [3.8, 4) is 11.6 Å². The number of aromatic carboxylic acids is 1. The van der Waals surface area contributed by atoms with Crippen LogP contribution in [0.5, 0.6) is 11.6 Å². The molecule has 0 bridgehead atoms. The molecule has 0 aliphatic carbocycles. The van der Waals surface area contributed by atoms with Crippen LogP contribution >= 0.6 is 0 Å². The zero-order valence-corrected chi connectivity index (χ0v) is 11.1. The van der Waals surface area contributed by atoms with Gasteiger partial charge in [-0.3, -0.25) is 10.1 Å². The molecule has 1 aromatic heterocycles. The second-order valence-electron chi connectivity index (χ2n) is 4.17. The molecule has 0 saturated heterocycles. The van der Waals surface area contributed by atoms with Gasteiger partial charge in [0.15, 0.2) is 0 Å². The zero-order chi connectivity index (χ0) is 15.4. The number of hydrogen-bond donors (Lipinski definition) is 1. The van der Waals surface area contributed by atoms with Gasteiger partial charge in [-0.25, -0.2) is 9.78 Å². The van der Waals surface area contributed by atoms with Crippen molar-refractivity contribution in [2.75, 3.05) is 0 Å². The summed E-state index contributed by atoms with van der Waals surface area (Å²) in [6.07, 6.45) is 1.72. The summed E-state index contributed by atoms with van der Waals surface area (Å²) in [6, 6.07) is 8.02. The van der Waals surface area contributed by atoms with Crippen molar-refractivity contribution >= 4 is 11.7 Å². The number of ether oxygens (including phenoxy) is 1. The van der Waals surface area contributed by atoms with Crippen molar-refractivity contribution in [3.05, 3.63) is 57.8 Å². The molecule has 0 amide bonds. The molecular weight excluding hydrogens is 276 g/mol. The van der Waals surface area contributed by atoms with E-state index in [9.17, 15) is 14.9 Å². The Morgan fingerprint density at radius 1 is 1.43 bits per heavy atom. The summed E-state index contributed by atoms with van der Waals surface area (Å²) in [4.78, 5) is 24.9. The Balaban J connectivity index is 2.44. The molecule has 7 heteroatoms. The number of hydrogen-bond acceptors (Lipinski definition) is 5. The van der Waals surface area contributed by atoms with Crippen LogP contribution in [0.4, 0.5) is 5.69 Å². The predicted molar refractivity (Wildman–Crippen MR) is 73.7 cm³/mol. The summed E-state index contributed by atoms with van der Waals surface area (Å²) in [7, 11) is 0. The molecule has 0 aliphatic heterocycles. The number of nitro groups is 1. The van der Waals surface area contributed by atoms with Gasteiger partial charge in [0, 0.05) is 12.3 Å². The van der Waals surface area contributed by atoms with Crippen molar-refractivity contribution in [3.63, 3.8) is 0 Å². The van der Waals surface area contributed by atoms with E-state index in [-0.39, 0.29) is 11.4 Å². The quantitative estimate of drug-likeness (QED) is 0.670. The molecule has 2 aromatic rings. The standard InChI is InChI=1S/C14H12N2O5/c1-2-9-5-3-4-6-12(9)21-13-11(16(19)20)7-10(8-15-13)14(17)18/h3-8H,2H2,1H3,(H,17,18). The molecule has 21 heavy (non-hydrogen) atoms. The maximum Gasteiger partial charge on any atom is 0.337 e. The van der Waals surface area contributed by atoms with E-state index in [1.807, 2.05) is 19.1 Å². The average molecular weight is 288 g/mol. The van der Waals surface area contributed by atoms with Gasteiger partial charge in [0.05, 0.1) is 10.5 Å². The summed E-state index contributed by atoms with van der Waals surface area (Å²) < 4.78 is 5.48. The lowest BCUT2D eigenvalue weighted by Gasteiger charge is -2.09. The maximum absolute atomic E-state index is 11.0. The SMILES string of the molecule is CCc1ccccc1Oc1ncc(C(=O)O)cc1[N+](=O)[O-]. The number of aryl methyl sites for hydroxylation is 1. The van der Waals surface area contributed by atoms with Gasteiger partial charge in [-0.05, 0) is 18.1 Å². The van der Waals surface area contributed by atoms with Crippen molar-refractivity contribution in [1.29, 1.82) is 0 Å². The van der Waals surface area contributed by atoms with Crippen molar-refractivity contribution < 1.29 is 19.6 Å². The molecule has 108 valence electrons. The zero-order valence-electron chi connectivity index (χ0n) is 11.1. The highest BCUT2D eigenvalue weighted by atomic mass is 16.6. The minimum Gasteiger partial charge on any atom is -0.478 e. The number of benzene rings is 1. The lowest BCUT2D eigenvalue weighted by Crippen LogP contribution is -2.02. The van der Waals surface area contributed by atoms with Crippen LogP contribution in [-0.2, 0) is 6.42 Å². The van der Waals surface area contributed by atoms with Crippen LogP contribution in [0.15, 0.2) is 36.5 Å². The minimum absolute atomic E-state index is 0.231. The number of rotatable bonds is 5. The average Bonchev–Trinajstić information content (AvgIpc) is 2.47. The molecule has 1 heterocycles. The van der Waals surface area contributed by atoms with E-state index in [4.69, 9.17) is 9.84 Å². The first kappa shape index (κ1) is 14.4. The van der Waals surface area contributed by atoms with Gasteiger partial charge < -0.3 is 9.84 Å². The number of carboxylic acids is 1. The highest BCUT2D eigenvalue weighted by molar-refractivity contribution is 5.88. The van der Waals surface area contributed by atoms with Crippen LogP contribution in [0.1, 0.15) is 22.8 Å². The summed E-state index contributed by atoms with van der Waals surface area (Å²) in [5.41, 5.74) is 0.120. The highest BCUT2D eigenvalue weighted by Crippen LogP contribution is 2.31. The first-order chi connectivity index (χ1) is 10.0. The van der Waals surface area contributed by atoms with Gasteiger partial charge in [0.1, 0.15) is 5.75 Å². The van der Waals surface area contributed by atoms with Gasteiger partial charge in [0.2, 0.25) is 0 Å². The molecule has 0 spiro atoms. The Hall–Kier alpha value is -2.96. The number of para-hydroxylation sites is 1. The molecule has 0 atom stereocenters. The Labute approximate surface area is 120 Å². The van der Waals surface area contributed by atoms with Gasteiger partial charge >= 0.3 is 11.7 Å². The van der Waals surface area contributed by atoms with Crippen LogP contribution in [0.3, 0.4) is 0 Å². The fourth-order valence-electron chi connectivity index (χ4n) is 1.77. The van der Waals surface area contributed by atoms with Gasteiger partial charge in [-0.2, -0.15) is 0 Å². The number of carbonyl (C=O) groups is 1. The Kier molecular flexibility index (Phi) is 4.13. The summed E-state index contributed by atoms with van der Waals surface area (Å²) in [5.74, 6) is -1.06. The molecule has 0 aliphatic rings. The normalized spacial score (nSPS) is 10.1. The van der Waals surface area contributed by atoms with E-state index in [1.54, 1.807) is 12.1 Å². The predicted octanol–water partition coefficient (Wildman–Crippen LogP) is 3.04. The molecule has 7 nitrogen and oxygen atoms in total. The Morgan fingerprint density at radius 3 is 2.76 bits per heavy atom. The first-order valence-electron chi connectivity index (χ1n) is 6.16. The molecule has 0 radical (unpaired) electrons. The van der Waals surface area contributed by atoms with Gasteiger partial charge in [-0.1, -0.05) is 25.1 Å². The fraction of sp³-hybridized carbons (Fsp3) is 0.143. The number of nitrogens with zero attached hydrogens (tertiary/aromatic N) is 2. The largest absolute Gasteiger partial charge is 0.478 e. The molecule has 0 saturated carbocycles. The molecular formula is C14H12N2O5. The van der Waals surface area contributed by atoms with E-state index >= 15 is 0 Å². The van der Waals surface area contributed by atoms with Crippen LogP contribution in [-0.4, -0.2) is 21.0 Å². The lowest BCUT2D eigenvalue weighted by molar-refractivity contribution is -0.386. The Bertz CT molecular complexity index is 700. The van der Waals surface area contributed by atoms with Crippen LogP contribution < -0.4 is 4.74 Å². The van der Waals surface area contributed by atoms with Crippen molar-refractivity contribution in [2.24, 2.45) is 0 Å². The number of aromatic nitrogens is 1. The number of carboxylic acid groups (broad SMARTS) is 1. The van der Waals surface area contributed by atoms with Crippen LogP contribution in [0.2, 0.25) is 0 Å². The van der Waals surface area contributed by atoms with E-state index < -0.39 is 16.6 Å². The smallest absolute Gasteiger partial charge is 0.337 e. The Morgan fingerprint density at radius 2 is 2.14 bits per heavy atom. The van der Waals surface area contributed by atoms with Crippen LogP contribution in [0.25, 0.3) is 0 Å². The lowest BCUT2D eigenvalue weighted by atomic mass is 10.1. The van der Waals surface area contributed by atoms with Gasteiger partial charge in [0.25, 0.3) is 5.88 Å². The van der Waals surface area contributed by atoms with Crippen molar-refractivity contribution in [1.82, 2.24) is 4.98 Å². The van der Waals surface area contributed by atoms with Crippen molar-refractivity contribution in [2.45, 2.75) is 13.3 Å². The first-order valence-corrected chi connectivity index (χ1v) is 6.16. The fourth-order valence-corrected chi connectivity index (χ4v) is 1.77. The molecule has 1 aromatic carbocycles. The monoisotopic (exact) mass is 288 g/mol. The second-order valence-corrected chi connectivity index (χ2v) is 4.17. The molecule has 0 fully saturated rings. The maximum atomic E-state index is 11.0. The second kappa shape index (κ2) is 6.00. The van der Waals surface area contributed by atoms with E-state index in [1.165, 1.54) is 0 Å². The third kappa shape index (κ3) is 3.14. The van der Waals surface area contributed by atoms with Crippen LogP contribution in [0, 0.1) is 10.1 Å². The number of pyridine rings is 1. The molecule has 2 rings (SSSR count). The minimum atomic E-state index is -1.29. The van der Waals surface area contributed by atoms with E-state index in [0.717, 1.165) is 17.8 Å². The molecule has 1 N–H and O–H groups in total. The summed E-state index contributed by atoms with van der Waals surface area (Å²) in [5, 5.41) is 19.9. The third-order valence-electron chi connectivity index (χ3n) is 2.84. The van der Waals surface area contributed by atoms with Gasteiger partial charge in [-0.15, -0.1) is 0 Å². The third-order valence-corrected chi connectivity index (χ3v) is 2.84. The highest BCUT2D eigenvalue weighted by Gasteiger charge is 2.21. The van der Waals surface area contributed by atoms with E-state index in [0.29, 0.717) is 12.2 Å². The summed E-state index contributed by atoms with van der Waals surface area (Å²) in [6.45, 7) is 1.93. The molecule has 0 unspecified atom stereocenters.